The van der Waals surface area contributed by atoms with Gasteiger partial charge in [-0.2, -0.15) is 0 Å². The fourth-order valence-corrected chi connectivity index (χ4v) is 2.44. The number of aromatic nitrogens is 2. The third kappa shape index (κ3) is 1.74. The lowest BCUT2D eigenvalue weighted by Gasteiger charge is -2.05. The maximum Gasteiger partial charge on any atom is 0.131 e. The SMILES string of the molecule is Cc1ccnc2cc3nc(Cl)cc(Cl)c3cc12. The van der Waals surface area contributed by atoms with Gasteiger partial charge in [-0.05, 0) is 36.8 Å². The lowest BCUT2D eigenvalue weighted by molar-refractivity contribution is 1.36. The predicted octanol–water partition coefficient (Wildman–Crippen LogP) is 4.40. The van der Waals surface area contributed by atoms with E-state index >= 15 is 0 Å². The Kier molecular flexibility index (Phi) is 2.42. The summed E-state index contributed by atoms with van der Waals surface area (Å²) in [5.41, 5.74) is 2.85. The largest absolute Gasteiger partial charge is 0.256 e. The number of aryl methyl sites for hydroxylation is 1. The van der Waals surface area contributed by atoms with E-state index in [0.29, 0.717) is 10.2 Å². The Labute approximate surface area is 108 Å². The minimum absolute atomic E-state index is 0.398. The summed E-state index contributed by atoms with van der Waals surface area (Å²) >= 11 is 12.1. The fraction of sp³-hybridized carbons (Fsp3) is 0.0769. The standard InChI is InChI=1S/C13H8Cl2N2/c1-7-2-3-16-11-6-12-9(4-8(7)11)10(14)5-13(15)17-12/h2-6H,1H3. The average Bonchev–Trinajstić information content (AvgIpc) is 2.27. The summed E-state index contributed by atoms with van der Waals surface area (Å²) < 4.78 is 0. The summed E-state index contributed by atoms with van der Waals surface area (Å²) in [5.74, 6) is 0. The molecule has 0 radical (unpaired) electrons. The Morgan fingerprint density at radius 1 is 1.00 bits per heavy atom. The minimum atomic E-state index is 0.398. The van der Waals surface area contributed by atoms with Gasteiger partial charge in [-0.25, -0.2) is 4.98 Å². The molecule has 0 aliphatic rings. The first-order valence-corrected chi connectivity index (χ1v) is 5.92. The number of pyridine rings is 2. The molecule has 17 heavy (non-hydrogen) atoms. The highest BCUT2D eigenvalue weighted by atomic mass is 35.5. The summed E-state index contributed by atoms with van der Waals surface area (Å²) in [4.78, 5) is 8.58. The van der Waals surface area contributed by atoms with Crippen molar-refractivity contribution in [3.63, 3.8) is 0 Å². The topological polar surface area (TPSA) is 25.8 Å². The molecule has 2 aromatic heterocycles. The van der Waals surface area contributed by atoms with E-state index in [9.17, 15) is 0 Å². The maximum absolute atomic E-state index is 6.17. The number of fused-ring (bicyclic) bond motifs is 2. The van der Waals surface area contributed by atoms with Crippen molar-refractivity contribution in [2.24, 2.45) is 0 Å². The van der Waals surface area contributed by atoms with Crippen LogP contribution >= 0.6 is 23.2 Å². The number of rotatable bonds is 0. The van der Waals surface area contributed by atoms with E-state index in [2.05, 4.69) is 9.97 Å². The van der Waals surface area contributed by atoms with Gasteiger partial charge in [-0.15, -0.1) is 0 Å². The first kappa shape index (κ1) is 10.8. The Balaban J connectivity index is 2.52. The monoisotopic (exact) mass is 262 g/mol. The molecule has 0 atom stereocenters. The quantitative estimate of drug-likeness (QED) is 0.443. The van der Waals surface area contributed by atoms with E-state index in [0.717, 1.165) is 21.8 Å². The number of nitrogens with zero attached hydrogens (tertiary/aromatic N) is 2. The molecule has 0 aliphatic heterocycles. The summed E-state index contributed by atoms with van der Waals surface area (Å²) in [6, 6.07) is 7.56. The number of halogens is 2. The second-order valence-corrected chi connectivity index (χ2v) is 4.74. The lowest BCUT2D eigenvalue weighted by Crippen LogP contribution is -1.86. The van der Waals surface area contributed by atoms with Crippen LogP contribution in [-0.2, 0) is 0 Å². The molecule has 3 rings (SSSR count). The van der Waals surface area contributed by atoms with Gasteiger partial charge in [-0.1, -0.05) is 23.2 Å². The van der Waals surface area contributed by atoms with Crippen LogP contribution < -0.4 is 0 Å². The molecule has 0 amide bonds. The Morgan fingerprint density at radius 3 is 2.65 bits per heavy atom. The number of benzene rings is 1. The molecule has 0 unspecified atom stereocenters. The van der Waals surface area contributed by atoms with Crippen LogP contribution in [0.1, 0.15) is 5.56 Å². The number of hydrogen-bond acceptors (Lipinski definition) is 2. The highest BCUT2D eigenvalue weighted by Gasteiger charge is 2.06. The third-order valence-electron chi connectivity index (χ3n) is 2.81. The zero-order valence-electron chi connectivity index (χ0n) is 9.04. The summed E-state index contributed by atoms with van der Waals surface area (Å²) in [7, 11) is 0. The summed E-state index contributed by atoms with van der Waals surface area (Å²) in [5, 5.41) is 3.00. The van der Waals surface area contributed by atoms with Crippen LogP contribution in [-0.4, -0.2) is 9.97 Å². The second-order valence-electron chi connectivity index (χ2n) is 3.94. The van der Waals surface area contributed by atoms with E-state index < -0.39 is 0 Å². The molecule has 0 spiro atoms. The summed E-state index contributed by atoms with van der Waals surface area (Å²) in [6.07, 6.45) is 1.79. The van der Waals surface area contributed by atoms with Gasteiger partial charge in [0.15, 0.2) is 0 Å². The van der Waals surface area contributed by atoms with Crippen LogP contribution in [0.4, 0.5) is 0 Å². The van der Waals surface area contributed by atoms with Crippen molar-refractivity contribution in [3.05, 3.63) is 46.2 Å². The molecule has 1 aromatic carbocycles. The highest BCUT2D eigenvalue weighted by molar-refractivity contribution is 6.38. The zero-order chi connectivity index (χ0) is 12.0. The Bertz CT molecular complexity index is 738. The highest BCUT2D eigenvalue weighted by Crippen LogP contribution is 2.29. The van der Waals surface area contributed by atoms with Crippen molar-refractivity contribution in [3.8, 4) is 0 Å². The smallest absolute Gasteiger partial charge is 0.131 e. The number of hydrogen-bond donors (Lipinski definition) is 0. The Morgan fingerprint density at radius 2 is 1.82 bits per heavy atom. The second kappa shape index (κ2) is 3.83. The van der Waals surface area contributed by atoms with Crippen molar-refractivity contribution < 1.29 is 0 Å². The molecule has 2 nitrogen and oxygen atoms in total. The zero-order valence-corrected chi connectivity index (χ0v) is 10.5. The molecule has 2 heterocycles. The predicted molar refractivity (Wildman–Crippen MR) is 71.8 cm³/mol. The van der Waals surface area contributed by atoms with Crippen molar-refractivity contribution in [1.29, 1.82) is 0 Å². The van der Waals surface area contributed by atoms with Gasteiger partial charge in [0, 0.05) is 17.0 Å². The summed E-state index contributed by atoms with van der Waals surface area (Å²) in [6.45, 7) is 2.05. The van der Waals surface area contributed by atoms with E-state index in [-0.39, 0.29) is 0 Å². The third-order valence-corrected chi connectivity index (χ3v) is 3.31. The van der Waals surface area contributed by atoms with Crippen LogP contribution in [0.2, 0.25) is 10.2 Å². The van der Waals surface area contributed by atoms with Gasteiger partial charge in [-0.3, -0.25) is 4.98 Å². The molecule has 4 heteroatoms. The molecular formula is C13H8Cl2N2. The maximum atomic E-state index is 6.17. The van der Waals surface area contributed by atoms with Crippen LogP contribution in [0.3, 0.4) is 0 Å². The van der Waals surface area contributed by atoms with Crippen LogP contribution in [0, 0.1) is 6.92 Å². The van der Waals surface area contributed by atoms with Gasteiger partial charge < -0.3 is 0 Å². The van der Waals surface area contributed by atoms with Gasteiger partial charge in [0.2, 0.25) is 0 Å². The molecule has 0 saturated carbocycles. The van der Waals surface area contributed by atoms with E-state index in [1.165, 1.54) is 5.56 Å². The van der Waals surface area contributed by atoms with Crippen LogP contribution in [0.15, 0.2) is 30.5 Å². The fourth-order valence-electron chi connectivity index (χ4n) is 1.93. The van der Waals surface area contributed by atoms with Crippen molar-refractivity contribution >= 4 is 45.0 Å². The normalized spacial score (nSPS) is 11.2. The molecular weight excluding hydrogens is 255 g/mol. The van der Waals surface area contributed by atoms with Gasteiger partial charge >= 0.3 is 0 Å². The van der Waals surface area contributed by atoms with E-state index in [1.807, 2.05) is 25.1 Å². The van der Waals surface area contributed by atoms with Gasteiger partial charge in [0.05, 0.1) is 16.1 Å². The van der Waals surface area contributed by atoms with E-state index in [4.69, 9.17) is 23.2 Å². The molecule has 84 valence electrons. The molecule has 0 bridgehead atoms. The van der Waals surface area contributed by atoms with Crippen molar-refractivity contribution in [1.82, 2.24) is 9.97 Å². The lowest BCUT2D eigenvalue weighted by atomic mass is 10.1. The van der Waals surface area contributed by atoms with Gasteiger partial charge in [0.25, 0.3) is 0 Å². The van der Waals surface area contributed by atoms with Gasteiger partial charge in [0.1, 0.15) is 5.15 Å². The van der Waals surface area contributed by atoms with E-state index in [1.54, 1.807) is 12.3 Å². The molecule has 0 saturated heterocycles. The van der Waals surface area contributed by atoms with Crippen molar-refractivity contribution in [2.75, 3.05) is 0 Å². The first-order chi connectivity index (χ1) is 8.15. The minimum Gasteiger partial charge on any atom is -0.256 e. The molecule has 0 N–H and O–H groups in total. The average molecular weight is 263 g/mol. The Hall–Kier alpha value is -1.38. The first-order valence-electron chi connectivity index (χ1n) is 5.16. The molecule has 3 aromatic rings. The van der Waals surface area contributed by atoms with Crippen molar-refractivity contribution in [2.45, 2.75) is 6.92 Å². The molecule has 0 fully saturated rings. The van der Waals surface area contributed by atoms with Crippen LogP contribution in [0.25, 0.3) is 21.8 Å². The van der Waals surface area contributed by atoms with Crippen LogP contribution in [0.5, 0.6) is 0 Å². The molecule has 0 aliphatic carbocycles.